The van der Waals surface area contributed by atoms with E-state index in [1.54, 1.807) is 30.0 Å². The van der Waals surface area contributed by atoms with Crippen LogP contribution in [0.5, 0.6) is 0 Å². The minimum atomic E-state index is 0.00584. The Hall–Kier alpha value is -1.18. The molecule has 94 valence electrons. The van der Waals surface area contributed by atoms with Crippen LogP contribution in [0.25, 0.3) is 0 Å². The van der Waals surface area contributed by atoms with Gasteiger partial charge in [0.1, 0.15) is 0 Å². The number of thioether (sulfide) groups is 1. The fourth-order valence-corrected chi connectivity index (χ4v) is 3.27. The van der Waals surface area contributed by atoms with Gasteiger partial charge in [0.15, 0.2) is 0 Å². The van der Waals surface area contributed by atoms with E-state index in [0.717, 1.165) is 18.6 Å². The lowest BCUT2D eigenvalue weighted by Gasteiger charge is -2.20. The van der Waals surface area contributed by atoms with Crippen LogP contribution in [0.1, 0.15) is 24.8 Å². The summed E-state index contributed by atoms with van der Waals surface area (Å²) in [5.41, 5.74) is 1.07. The summed E-state index contributed by atoms with van der Waals surface area (Å²) in [6.07, 6.45) is 3.21. The highest BCUT2D eigenvalue weighted by atomic mass is 35.5. The SMILES string of the molecule is N#Cc1ccc(NC(=O)C2CCCCS2)c(Cl)c1. The number of nitriles is 1. The Kier molecular flexibility index (Phi) is 4.51. The van der Waals surface area contributed by atoms with Crippen LogP contribution < -0.4 is 5.32 Å². The van der Waals surface area contributed by atoms with Crippen LogP contribution in [-0.2, 0) is 4.79 Å². The monoisotopic (exact) mass is 280 g/mol. The Labute approximate surface area is 116 Å². The molecule has 1 unspecified atom stereocenters. The molecule has 1 aliphatic heterocycles. The molecule has 18 heavy (non-hydrogen) atoms. The number of benzene rings is 1. The maximum atomic E-state index is 12.0. The van der Waals surface area contributed by atoms with Crippen LogP contribution in [-0.4, -0.2) is 16.9 Å². The number of anilines is 1. The van der Waals surface area contributed by atoms with Gasteiger partial charge in [0.2, 0.25) is 5.91 Å². The Morgan fingerprint density at radius 1 is 1.50 bits per heavy atom. The van der Waals surface area contributed by atoms with Gasteiger partial charge < -0.3 is 5.32 Å². The summed E-state index contributed by atoms with van der Waals surface area (Å²) in [6.45, 7) is 0. The molecule has 1 fully saturated rings. The summed E-state index contributed by atoms with van der Waals surface area (Å²) >= 11 is 7.72. The van der Waals surface area contributed by atoms with Crippen LogP contribution >= 0.6 is 23.4 Å². The summed E-state index contributed by atoms with van der Waals surface area (Å²) in [5.74, 6) is 1.05. The lowest BCUT2D eigenvalue weighted by Crippen LogP contribution is -2.27. The molecule has 1 N–H and O–H groups in total. The Morgan fingerprint density at radius 3 is 2.94 bits per heavy atom. The molecule has 1 aromatic rings. The van der Waals surface area contributed by atoms with Crippen LogP contribution in [0.4, 0.5) is 5.69 Å². The molecule has 1 aromatic carbocycles. The molecule has 3 nitrogen and oxygen atoms in total. The van der Waals surface area contributed by atoms with Crippen molar-refractivity contribution >= 4 is 35.0 Å². The minimum Gasteiger partial charge on any atom is -0.324 e. The average molecular weight is 281 g/mol. The fraction of sp³-hybridized carbons (Fsp3) is 0.385. The number of nitrogens with zero attached hydrogens (tertiary/aromatic N) is 1. The smallest absolute Gasteiger partial charge is 0.237 e. The van der Waals surface area contributed by atoms with Gasteiger partial charge in [0.25, 0.3) is 0 Å². The largest absolute Gasteiger partial charge is 0.324 e. The van der Waals surface area contributed by atoms with E-state index in [1.807, 2.05) is 6.07 Å². The maximum absolute atomic E-state index is 12.0. The van der Waals surface area contributed by atoms with Gasteiger partial charge in [-0.3, -0.25) is 4.79 Å². The third-order valence-electron chi connectivity index (χ3n) is 2.83. The second-order valence-corrected chi connectivity index (χ2v) is 5.87. The van der Waals surface area contributed by atoms with E-state index in [2.05, 4.69) is 5.32 Å². The average Bonchev–Trinajstić information content (AvgIpc) is 2.42. The molecule has 0 aliphatic carbocycles. The normalized spacial score (nSPS) is 19.0. The van der Waals surface area contributed by atoms with E-state index in [-0.39, 0.29) is 11.2 Å². The van der Waals surface area contributed by atoms with Crippen molar-refractivity contribution in [3.63, 3.8) is 0 Å². The fourth-order valence-electron chi connectivity index (χ4n) is 1.85. The summed E-state index contributed by atoms with van der Waals surface area (Å²) < 4.78 is 0. The Balaban J connectivity index is 2.04. The van der Waals surface area contributed by atoms with Crippen molar-refractivity contribution in [1.29, 1.82) is 5.26 Å². The van der Waals surface area contributed by atoms with Crippen LogP contribution in [0.2, 0.25) is 5.02 Å². The van der Waals surface area contributed by atoms with E-state index in [0.29, 0.717) is 16.3 Å². The van der Waals surface area contributed by atoms with Crippen molar-refractivity contribution in [2.75, 3.05) is 11.1 Å². The Morgan fingerprint density at radius 2 is 2.33 bits per heavy atom. The van der Waals surface area contributed by atoms with E-state index in [1.165, 1.54) is 6.42 Å². The van der Waals surface area contributed by atoms with Gasteiger partial charge in [-0.25, -0.2) is 0 Å². The Bertz CT molecular complexity index is 492. The van der Waals surface area contributed by atoms with E-state index >= 15 is 0 Å². The summed E-state index contributed by atoms with van der Waals surface area (Å²) in [6, 6.07) is 6.89. The van der Waals surface area contributed by atoms with Crippen LogP contribution in [0, 0.1) is 11.3 Å². The highest BCUT2D eigenvalue weighted by Crippen LogP contribution is 2.28. The number of amides is 1. The molecule has 1 aliphatic rings. The quantitative estimate of drug-likeness (QED) is 0.903. The second-order valence-electron chi connectivity index (χ2n) is 4.15. The third-order valence-corrected chi connectivity index (χ3v) is 4.52. The number of rotatable bonds is 2. The zero-order valence-corrected chi connectivity index (χ0v) is 11.4. The van der Waals surface area contributed by atoms with Crippen molar-refractivity contribution in [2.45, 2.75) is 24.5 Å². The summed E-state index contributed by atoms with van der Waals surface area (Å²) in [7, 11) is 0. The molecular formula is C13H13ClN2OS. The van der Waals surface area contributed by atoms with Crippen molar-refractivity contribution in [1.82, 2.24) is 0 Å². The topological polar surface area (TPSA) is 52.9 Å². The van der Waals surface area contributed by atoms with Crippen LogP contribution in [0.15, 0.2) is 18.2 Å². The summed E-state index contributed by atoms with van der Waals surface area (Å²) in [4.78, 5) is 12.0. The molecule has 0 radical (unpaired) electrons. The minimum absolute atomic E-state index is 0.00584. The number of hydrogen-bond donors (Lipinski definition) is 1. The molecule has 0 aromatic heterocycles. The molecule has 2 rings (SSSR count). The highest BCUT2D eigenvalue weighted by molar-refractivity contribution is 8.00. The molecule has 0 spiro atoms. The predicted molar refractivity (Wildman–Crippen MR) is 74.9 cm³/mol. The van der Waals surface area contributed by atoms with Crippen LogP contribution in [0.3, 0.4) is 0 Å². The standard InChI is InChI=1S/C13H13ClN2OS/c14-10-7-9(8-15)4-5-11(10)16-13(17)12-3-1-2-6-18-12/h4-5,7,12H,1-3,6H2,(H,16,17). The number of nitrogens with one attached hydrogen (secondary N) is 1. The van der Waals surface area contributed by atoms with Gasteiger partial charge in [-0.15, -0.1) is 11.8 Å². The zero-order chi connectivity index (χ0) is 13.0. The lowest BCUT2D eigenvalue weighted by atomic mass is 10.1. The zero-order valence-electron chi connectivity index (χ0n) is 9.78. The summed E-state index contributed by atoms with van der Waals surface area (Å²) in [5, 5.41) is 12.0. The third kappa shape index (κ3) is 3.18. The lowest BCUT2D eigenvalue weighted by molar-refractivity contribution is -0.115. The number of halogens is 1. The first-order valence-electron chi connectivity index (χ1n) is 5.83. The van der Waals surface area contributed by atoms with Gasteiger partial charge in [0.05, 0.1) is 27.6 Å². The first kappa shape index (κ1) is 13.3. The molecule has 0 bridgehead atoms. The van der Waals surface area contributed by atoms with Gasteiger partial charge in [-0.2, -0.15) is 5.26 Å². The molecule has 1 atom stereocenters. The van der Waals surface area contributed by atoms with Gasteiger partial charge in [0, 0.05) is 0 Å². The van der Waals surface area contributed by atoms with Crippen molar-refractivity contribution in [2.24, 2.45) is 0 Å². The van der Waals surface area contributed by atoms with E-state index < -0.39 is 0 Å². The maximum Gasteiger partial charge on any atom is 0.237 e. The molecular weight excluding hydrogens is 268 g/mol. The van der Waals surface area contributed by atoms with Crippen molar-refractivity contribution in [3.8, 4) is 6.07 Å². The van der Waals surface area contributed by atoms with Gasteiger partial charge in [-0.1, -0.05) is 18.0 Å². The molecule has 1 saturated heterocycles. The first-order chi connectivity index (χ1) is 8.70. The molecule has 1 amide bonds. The number of carbonyl (C=O) groups excluding carboxylic acids is 1. The number of carbonyl (C=O) groups is 1. The number of hydrogen-bond acceptors (Lipinski definition) is 3. The first-order valence-corrected chi connectivity index (χ1v) is 7.25. The van der Waals surface area contributed by atoms with Crippen molar-refractivity contribution in [3.05, 3.63) is 28.8 Å². The van der Waals surface area contributed by atoms with Crippen molar-refractivity contribution < 1.29 is 4.79 Å². The van der Waals surface area contributed by atoms with Gasteiger partial charge >= 0.3 is 0 Å². The van der Waals surface area contributed by atoms with E-state index in [9.17, 15) is 4.79 Å². The second kappa shape index (κ2) is 6.12. The van der Waals surface area contributed by atoms with E-state index in [4.69, 9.17) is 16.9 Å². The highest BCUT2D eigenvalue weighted by Gasteiger charge is 2.22. The predicted octanol–water partition coefficient (Wildman–Crippen LogP) is 3.44. The molecule has 5 heteroatoms. The molecule has 0 saturated carbocycles. The molecule has 1 heterocycles. The van der Waals surface area contributed by atoms with Gasteiger partial charge in [-0.05, 0) is 36.8 Å².